The molecule has 6 aromatic rings. The molecule has 0 saturated carbocycles. The van der Waals surface area contributed by atoms with Crippen molar-refractivity contribution in [3.05, 3.63) is 108 Å². The molecule has 1 aromatic heterocycles. The molecule has 0 aliphatic carbocycles. The van der Waals surface area contributed by atoms with Crippen LogP contribution in [0.4, 0.5) is 0 Å². The molecule has 11 amide bonds. The molecule has 1 aliphatic rings. The van der Waals surface area contributed by atoms with Gasteiger partial charge in [-0.15, -0.1) is 0 Å². The molecule has 0 unspecified atom stereocenters. The molecule has 29 nitrogen and oxygen atoms in total. The lowest BCUT2D eigenvalue weighted by Gasteiger charge is -2.31. The number of phenolic OH excluding ortho intramolecular Hbond substituents is 1. The Morgan fingerprint density at radius 1 is 0.667 bits per heavy atom. The minimum atomic E-state index is -1.64. The first kappa shape index (κ1) is 70.0. The zero-order valence-electron chi connectivity index (χ0n) is 52.0. The molecule has 0 bridgehead atoms. The van der Waals surface area contributed by atoms with Gasteiger partial charge in [-0.3, -0.25) is 57.7 Å². The number of nitrogens with zero attached hydrogens (tertiary/aromatic N) is 3. The molecule has 1 fully saturated rings. The van der Waals surface area contributed by atoms with Crippen LogP contribution in [0.1, 0.15) is 88.5 Å². The number of aliphatic imine (C=N–C) groups is 1. The van der Waals surface area contributed by atoms with E-state index in [1.54, 1.807) is 26.0 Å². The summed E-state index contributed by atoms with van der Waals surface area (Å²) in [5, 5.41) is 36.8. The van der Waals surface area contributed by atoms with Crippen LogP contribution < -0.4 is 71.2 Å². The first-order chi connectivity index (χ1) is 44.5. The Hall–Kier alpha value is -10.5. The Balaban J connectivity index is 0.968. The van der Waals surface area contributed by atoms with E-state index in [1.165, 1.54) is 24.7 Å². The fourth-order valence-corrected chi connectivity index (χ4v) is 11.3. The normalized spacial score (nSPS) is 15.1. The number of hydrogen-bond donors (Lipinski definition) is 15. The third-order valence-electron chi connectivity index (χ3n) is 16.3. The second-order valence-corrected chi connectivity index (χ2v) is 23.2. The van der Waals surface area contributed by atoms with Gasteiger partial charge in [0.1, 0.15) is 48.0 Å². The van der Waals surface area contributed by atoms with Crippen LogP contribution in [0, 0.1) is 5.92 Å². The number of phenols is 1. The van der Waals surface area contributed by atoms with Crippen molar-refractivity contribution in [1.29, 1.82) is 0 Å². The van der Waals surface area contributed by atoms with Gasteiger partial charge in [0.25, 0.3) is 0 Å². The number of guanidine groups is 1. The average molecular weight is 1280 g/mol. The van der Waals surface area contributed by atoms with Gasteiger partial charge in [0.2, 0.25) is 65.0 Å². The predicted molar refractivity (Wildman–Crippen MR) is 346 cm³/mol. The summed E-state index contributed by atoms with van der Waals surface area (Å²) in [5.41, 5.74) is 29.8. The Morgan fingerprint density at radius 2 is 1.28 bits per heavy atom. The molecule has 8 atom stereocenters. The van der Waals surface area contributed by atoms with E-state index in [-0.39, 0.29) is 76.3 Å². The average Bonchev–Trinajstić information content (AvgIpc) is 1.23. The lowest BCUT2D eigenvalue weighted by atomic mass is 9.91. The summed E-state index contributed by atoms with van der Waals surface area (Å²) in [6, 6.07) is 14.6. The highest BCUT2D eigenvalue weighted by Crippen LogP contribution is 2.36. The third kappa shape index (κ3) is 19.8. The van der Waals surface area contributed by atoms with Gasteiger partial charge in [-0.05, 0) is 113 Å². The summed E-state index contributed by atoms with van der Waals surface area (Å²) in [4.78, 5) is 162. The molecule has 20 N–H and O–H groups in total. The third-order valence-corrected chi connectivity index (χ3v) is 16.3. The number of aromatic hydroxyl groups is 1. The van der Waals surface area contributed by atoms with Gasteiger partial charge in [0, 0.05) is 37.8 Å². The van der Waals surface area contributed by atoms with E-state index < -0.39 is 133 Å². The summed E-state index contributed by atoms with van der Waals surface area (Å²) in [7, 11) is 0. The van der Waals surface area contributed by atoms with E-state index in [9.17, 15) is 57.8 Å². The molecule has 5 aromatic carbocycles. The van der Waals surface area contributed by atoms with Gasteiger partial charge < -0.3 is 86.2 Å². The van der Waals surface area contributed by atoms with Crippen LogP contribution in [0.25, 0.3) is 32.3 Å². The van der Waals surface area contributed by atoms with Gasteiger partial charge in [0.15, 0.2) is 5.96 Å². The fraction of sp³-hybridized carbons (Fsp3) is 0.422. The number of aromatic amines is 1. The summed E-state index contributed by atoms with van der Waals surface area (Å²) < 4.78 is 0. The van der Waals surface area contributed by atoms with Crippen molar-refractivity contribution in [3.8, 4) is 5.75 Å². The number of nitrogens with two attached hydrogens (primary N) is 5. The number of unbranched alkanes of at least 4 members (excludes halogenated alkanes) is 1. The quantitative estimate of drug-likeness (QED) is 0.00958. The first-order valence-corrected chi connectivity index (χ1v) is 30.9. The highest BCUT2D eigenvalue weighted by atomic mass is 16.3. The van der Waals surface area contributed by atoms with Gasteiger partial charge in [-0.2, -0.15) is 0 Å². The maximum Gasteiger partial charge on any atom is 0.246 e. The number of hydrogen-bond acceptors (Lipinski definition) is 15. The Morgan fingerprint density at radius 3 is 1.94 bits per heavy atom. The Bertz CT molecular complexity index is 3660. The van der Waals surface area contributed by atoms with E-state index >= 15 is 0 Å². The number of carbonyl (C=O) groups excluding carboxylic acids is 11. The highest BCUT2D eigenvalue weighted by Gasteiger charge is 2.40. The van der Waals surface area contributed by atoms with Crippen molar-refractivity contribution in [1.82, 2.24) is 57.4 Å². The molecular formula is C64H83N17O12. The number of nitrogens with one attached hydrogen (secondary N) is 9. The van der Waals surface area contributed by atoms with Gasteiger partial charge in [0.05, 0.1) is 32.3 Å². The predicted octanol–water partition coefficient (Wildman–Crippen LogP) is -1.24. The van der Waals surface area contributed by atoms with E-state index in [1.807, 2.05) is 48.5 Å². The molecule has 0 spiro atoms. The monoisotopic (exact) mass is 1280 g/mol. The van der Waals surface area contributed by atoms with Crippen molar-refractivity contribution in [2.75, 3.05) is 32.7 Å². The minimum absolute atomic E-state index is 0.00901. The maximum atomic E-state index is 14.4. The molecule has 0 radical (unpaired) electrons. The topological polar surface area (TPSA) is 479 Å². The highest BCUT2D eigenvalue weighted by molar-refractivity contribution is 6.23. The van der Waals surface area contributed by atoms with Crippen molar-refractivity contribution >= 4 is 103 Å². The second-order valence-electron chi connectivity index (χ2n) is 23.2. The van der Waals surface area contributed by atoms with Crippen molar-refractivity contribution in [3.63, 3.8) is 0 Å². The van der Waals surface area contributed by atoms with Crippen LogP contribution in [0.3, 0.4) is 0 Å². The summed E-state index contributed by atoms with van der Waals surface area (Å²) in [6.45, 7) is 2.56. The fourth-order valence-electron chi connectivity index (χ4n) is 11.3. The number of imidazole rings is 1. The van der Waals surface area contributed by atoms with Crippen LogP contribution in [0.5, 0.6) is 5.75 Å². The van der Waals surface area contributed by atoms with Crippen LogP contribution in [-0.4, -0.2) is 166 Å². The van der Waals surface area contributed by atoms with Crippen LogP contribution in [-0.2, 0) is 72.0 Å². The van der Waals surface area contributed by atoms with Crippen LogP contribution in [0.2, 0.25) is 0 Å². The summed E-state index contributed by atoms with van der Waals surface area (Å²) in [6.07, 6.45) is 3.67. The lowest BCUT2D eigenvalue weighted by molar-refractivity contribution is -0.143. The number of aromatic nitrogens is 2. The van der Waals surface area contributed by atoms with Crippen molar-refractivity contribution < 1.29 is 57.8 Å². The standard InChI is InChI=1S/C64H83N17O12/c1-3-35(2)56(80-59(89)44(12-7-25-71-64(68)69)75-52(85)32-72-51(84)28-40-19-18-39-17-16-37-9-6-10-38-20-23-43(40)55(39)54(37)38)62(92)79-48(30-50(66)83)63(93)81-26-8-13-49(81)61(91)73-33-53(86)76-47(29-41-31-70-34-74-41)60(90)77-45(11-4-5-24-65)58(88)78-46(57(67)87)27-36-14-21-42(82)22-15-36/h6,9-10,14-23,31,34-35,44-49,56,82H,3-5,7-8,11-13,24-30,32-33,65H2,1-2H3,(H2,66,83)(H2,67,87)(H,70,74)(H,72,84)(H,73,91)(H,75,85)(H,76,86)(H,77,90)(H,78,88)(H,79,92)(H,80,89)(H4,68,69,71)/t35-,44-,45-,46-,47-,48-,49-,56-/m0/s1. The number of likely N-dealkylation sites (tertiary alicyclic amines) is 1. The summed E-state index contributed by atoms with van der Waals surface area (Å²) >= 11 is 0. The molecule has 29 heteroatoms. The lowest BCUT2D eigenvalue weighted by Crippen LogP contribution is -2.60. The van der Waals surface area contributed by atoms with Gasteiger partial charge in [-0.25, -0.2) is 4.98 Å². The van der Waals surface area contributed by atoms with E-state index in [2.05, 4.69) is 63.6 Å². The molecule has 1 aliphatic heterocycles. The van der Waals surface area contributed by atoms with Crippen molar-refractivity contribution in [2.45, 2.75) is 133 Å². The zero-order chi connectivity index (χ0) is 67.3. The number of rotatable bonds is 35. The smallest absolute Gasteiger partial charge is 0.246 e. The number of benzene rings is 5. The first-order valence-electron chi connectivity index (χ1n) is 30.9. The Labute approximate surface area is 536 Å². The Kier molecular flexibility index (Phi) is 25.3. The van der Waals surface area contributed by atoms with E-state index in [0.29, 0.717) is 36.9 Å². The van der Waals surface area contributed by atoms with Gasteiger partial charge in [-0.1, -0.05) is 87.0 Å². The van der Waals surface area contributed by atoms with Crippen LogP contribution >= 0.6 is 0 Å². The summed E-state index contributed by atoms with van der Waals surface area (Å²) in [5.74, 6) is -9.59. The number of primary amides is 2. The molecule has 93 heavy (non-hydrogen) atoms. The second kappa shape index (κ2) is 33.6. The largest absolute Gasteiger partial charge is 0.508 e. The maximum absolute atomic E-state index is 14.4. The molecular weight excluding hydrogens is 1200 g/mol. The molecule has 2 heterocycles. The van der Waals surface area contributed by atoms with Crippen LogP contribution in [0.15, 0.2) is 96.4 Å². The van der Waals surface area contributed by atoms with E-state index in [0.717, 1.165) is 42.8 Å². The van der Waals surface area contributed by atoms with E-state index in [4.69, 9.17) is 28.7 Å². The number of amides is 11. The molecule has 7 rings (SSSR count). The van der Waals surface area contributed by atoms with Crippen molar-refractivity contribution in [2.24, 2.45) is 39.6 Å². The molecule has 1 saturated heterocycles. The number of carbonyl (C=O) groups is 11. The number of H-pyrrole nitrogens is 1. The zero-order valence-corrected chi connectivity index (χ0v) is 52.0. The van der Waals surface area contributed by atoms with Gasteiger partial charge >= 0.3 is 0 Å². The minimum Gasteiger partial charge on any atom is -0.508 e. The molecule has 496 valence electrons. The SMILES string of the molecule is CC[C@H](C)[C@H](NC(=O)[C@H](CCCN=C(N)N)NC(=O)CNC(=O)Cc1ccc2ccc3cccc4ccc1c2c34)C(=O)N[C@@H](CC(N)=O)C(=O)N1CCC[C@H]1C(=O)NCC(=O)N[C@@H](Cc1cnc[nH]1)C(=O)N[C@@H](CCCCN)C(=O)N[C@@H](Cc1ccc(O)cc1)C(N)=O.